The molecule has 2 N–H and O–H groups in total. The first-order valence-corrected chi connectivity index (χ1v) is 9.83. The number of allylic oxidation sites excluding steroid dienone is 3. The van der Waals surface area contributed by atoms with E-state index in [1.807, 2.05) is 4.90 Å². The van der Waals surface area contributed by atoms with Crippen LogP contribution >= 0.6 is 0 Å². The zero-order valence-corrected chi connectivity index (χ0v) is 16.7. The molecule has 0 aromatic heterocycles. The van der Waals surface area contributed by atoms with Crippen molar-refractivity contribution in [1.82, 2.24) is 9.80 Å². The number of alkyl halides is 3. The maximum atomic E-state index is 12.6. The van der Waals surface area contributed by atoms with E-state index in [0.717, 1.165) is 43.5 Å². The van der Waals surface area contributed by atoms with Gasteiger partial charge >= 0.3 is 6.18 Å². The third-order valence-electron chi connectivity index (χ3n) is 5.36. The predicted molar refractivity (Wildman–Crippen MR) is 108 cm³/mol. The van der Waals surface area contributed by atoms with Crippen molar-refractivity contribution in [2.45, 2.75) is 38.4 Å². The summed E-state index contributed by atoms with van der Waals surface area (Å²) in [6, 6.07) is 6.57. The number of likely N-dealkylation sites (tertiary alicyclic amines) is 1. The topological polar surface area (TPSA) is 66.6 Å². The predicted octanol–water partition coefficient (Wildman–Crippen LogP) is 3.85. The molecule has 1 saturated heterocycles. The van der Waals surface area contributed by atoms with Crippen molar-refractivity contribution in [2.75, 3.05) is 13.1 Å². The van der Waals surface area contributed by atoms with E-state index in [9.17, 15) is 22.8 Å². The van der Waals surface area contributed by atoms with Gasteiger partial charge in [-0.3, -0.25) is 9.59 Å². The van der Waals surface area contributed by atoms with Crippen LogP contribution in [0.3, 0.4) is 0 Å². The van der Waals surface area contributed by atoms with Crippen LogP contribution in [-0.4, -0.2) is 46.9 Å². The number of hydrogen-bond donors (Lipinski definition) is 1. The summed E-state index contributed by atoms with van der Waals surface area (Å²) in [6.45, 7) is 3.25. The first-order chi connectivity index (χ1) is 14.2. The molecule has 1 atom stereocenters. The highest BCUT2D eigenvalue weighted by Gasteiger charge is 2.33. The Morgan fingerprint density at radius 1 is 1.10 bits per heavy atom. The maximum absolute atomic E-state index is 12.6. The number of carbonyl (C=O) groups is 2. The number of nitrogens with zero attached hydrogens (tertiary/aromatic N) is 2. The van der Waals surface area contributed by atoms with Crippen molar-refractivity contribution in [3.63, 3.8) is 0 Å². The standard InChI is InChI=1S/C22H24F3N3O2/c1-15-18(6-5-13-28(15)20(29)14-19(26)22(23,24)25)16-7-9-17(10-8-16)21(30)27-11-3-2-4-12-27/h5-10,13-15H,2-4,11-12,26H2,1H3/b19-14-. The van der Waals surface area contributed by atoms with E-state index in [-0.39, 0.29) is 5.91 Å². The molecule has 1 aromatic carbocycles. The quantitative estimate of drug-likeness (QED) is 0.757. The molecule has 2 aliphatic rings. The minimum absolute atomic E-state index is 0.00335. The maximum Gasteiger partial charge on any atom is 0.430 e. The molecule has 0 bridgehead atoms. The molecule has 2 amide bonds. The lowest BCUT2D eigenvalue weighted by molar-refractivity contribution is -0.125. The molecule has 2 aliphatic heterocycles. The third-order valence-corrected chi connectivity index (χ3v) is 5.36. The fourth-order valence-corrected chi connectivity index (χ4v) is 3.63. The lowest BCUT2D eigenvalue weighted by Crippen LogP contribution is -2.36. The monoisotopic (exact) mass is 419 g/mol. The largest absolute Gasteiger partial charge is 0.430 e. The van der Waals surface area contributed by atoms with E-state index < -0.39 is 23.8 Å². The first kappa shape index (κ1) is 21.7. The number of nitrogens with two attached hydrogens (primary N) is 1. The van der Waals surface area contributed by atoms with Crippen LogP contribution in [0, 0.1) is 0 Å². The van der Waals surface area contributed by atoms with E-state index in [4.69, 9.17) is 5.73 Å². The molecule has 0 saturated carbocycles. The molecule has 2 heterocycles. The van der Waals surface area contributed by atoms with Crippen LogP contribution in [0.15, 0.2) is 54.4 Å². The minimum Gasteiger partial charge on any atom is -0.395 e. The van der Waals surface area contributed by atoms with Gasteiger partial charge in [-0.1, -0.05) is 18.2 Å². The molecule has 0 radical (unpaired) electrons. The van der Waals surface area contributed by atoms with Crippen molar-refractivity contribution in [2.24, 2.45) is 5.73 Å². The van der Waals surface area contributed by atoms with Crippen LogP contribution in [0.4, 0.5) is 13.2 Å². The average Bonchev–Trinajstić information content (AvgIpc) is 2.73. The van der Waals surface area contributed by atoms with Gasteiger partial charge in [-0.2, -0.15) is 13.2 Å². The SMILES string of the molecule is CC1C(c2ccc(C(=O)N3CCCCC3)cc2)=CC=CN1C(=O)/C=C(\N)C(F)(F)F. The number of amides is 2. The van der Waals surface area contributed by atoms with Gasteiger partial charge in [0.2, 0.25) is 0 Å². The number of piperidine rings is 1. The summed E-state index contributed by atoms with van der Waals surface area (Å²) in [4.78, 5) is 28.0. The molecule has 5 nitrogen and oxygen atoms in total. The van der Waals surface area contributed by atoms with Crippen LogP contribution in [0.1, 0.15) is 42.1 Å². The van der Waals surface area contributed by atoms with Gasteiger partial charge in [0.05, 0.1) is 6.04 Å². The van der Waals surface area contributed by atoms with Gasteiger partial charge in [-0.25, -0.2) is 0 Å². The minimum atomic E-state index is -4.76. The Morgan fingerprint density at radius 3 is 2.33 bits per heavy atom. The van der Waals surface area contributed by atoms with Crippen LogP contribution in [0.5, 0.6) is 0 Å². The molecular weight excluding hydrogens is 395 g/mol. The van der Waals surface area contributed by atoms with Gasteiger partial charge in [-0.15, -0.1) is 0 Å². The summed E-state index contributed by atoms with van der Waals surface area (Å²) < 4.78 is 37.9. The van der Waals surface area contributed by atoms with Gasteiger partial charge < -0.3 is 15.5 Å². The van der Waals surface area contributed by atoms with Crippen LogP contribution in [-0.2, 0) is 4.79 Å². The van der Waals surface area contributed by atoms with Gasteiger partial charge in [0.15, 0.2) is 0 Å². The van der Waals surface area contributed by atoms with Gasteiger partial charge in [0.25, 0.3) is 11.8 Å². The molecule has 1 fully saturated rings. The average molecular weight is 419 g/mol. The Morgan fingerprint density at radius 2 is 1.73 bits per heavy atom. The van der Waals surface area contributed by atoms with Crippen molar-refractivity contribution >= 4 is 17.4 Å². The van der Waals surface area contributed by atoms with E-state index in [0.29, 0.717) is 11.6 Å². The molecule has 8 heteroatoms. The molecule has 30 heavy (non-hydrogen) atoms. The van der Waals surface area contributed by atoms with Crippen LogP contribution < -0.4 is 5.73 Å². The molecular formula is C22H24F3N3O2. The molecule has 160 valence electrons. The zero-order valence-electron chi connectivity index (χ0n) is 16.7. The molecule has 1 aromatic rings. The Balaban J connectivity index is 1.74. The van der Waals surface area contributed by atoms with E-state index >= 15 is 0 Å². The summed E-state index contributed by atoms with van der Waals surface area (Å²) in [5.41, 5.74) is 5.66. The molecule has 0 spiro atoms. The fraction of sp³-hybridized carbons (Fsp3) is 0.364. The number of rotatable bonds is 3. The van der Waals surface area contributed by atoms with Gasteiger partial charge in [0.1, 0.15) is 5.70 Å². The Bertz CT molecular complexity index is 895. The van der Waals surface area contributed by atoms with Crippen molar-refractivity contribution < 1.29 is 22.8 Å². The smallest absolute Gasteiger partial charge is 0.395 e. The van der Waals surface area contributed by atoms with Crippen LogP contribution in [0.25, 0.3) is 5.57 Å². The first-order valence-electron chi connectivity index (χ1n) is 9.83. The summed E-state index contributed by atoms with van der Waals surface area (Å²) in [6.07, 6.45) is 3.62. The van der Waals surface area contributed by atoms with Gasteiger partial charge in [-0.05, 0) is 55.5 Å². The summed E-state index contributed by atoms with van der Waals surface area (Å²) in [5.74, 6) is -0.854. The Labute approximate surface area is 173 Å². The second-order valence-electron chi connectivity index (χ2n) is 7.41. The summed E-state index contributed by atoms with van der Waals surface area (Å²) in [5, 5.41) is 0. The highest BCUT2D eigenvalue weighted by molar-refractivity contribution is 5.95. The lowest BCUT2D eigenvalue weighted by Gasteiger charge is -2.30. The molecule has 3 rings (SSSR count). The second-order valence-corrected chi connectivity index (χ2v) is 7.41. The van der Waals surface area contributed by atoms with Crippen molar-refractivity contribution in [1.29, 1.82) is 0 Å². The summed E-state index contributed by atoms with van der Waals surface area (Å²) in [7, 11) is 0. The second kappa shape index (κ2) is 8.77. The number of halogens is 3. The van der Waals surface area contributed by atoms with E-state index in [1.165, 1.54) is 11.1 Å². The van der Waals surface area contributed by atoms with Crippen molar-refractivity contribution in [3.05, 3.63) is 65.5 Å². The van der Waals surface area contributed by atoms with E-state index in [2.05, 4.69) is 0 Å². The van der Waals surface area contributed by atoms with E-state index in [1.54, 1.807) is 43.3 Å². The third kappa shape index (κ3) is 4.75. The number of benzene rings is 1. The normalized spacial score (nSPS) is 20.2. The Hall–Kier alpha value is -3.03. The summed E-state index contributed by atoms with van der Waals surface area (Å²) >= 11 is 0. The van der Waals surface area contributed by atoms with Crippen molar-refractivity contribution in [3.8, 4) is 0 Å². The fourth-order valence-electron chi connectivity index (χ4n) is 3.63. The zero-order chi connectivity index (χ0) is 21.9. The molecule has 1 unspecified atom stereocenters. The highest BCUT2D eigenvalue weighted by atomic mass is 19.4. The Kier molecular flexibility index (Phi) is 6.34. The van der Waals surface area contributed by atoms with Gasteiger partial charge in [0, 0.05) is 30.9 Å². The molecule has 0 aliphatic carbocycles. The highest BCUT2D eigenvalue weighted by Crippen LogP contribution is 2.28. The van der Waals surface area contributed by atoms with Crippen LogP contribution in [0.2, 0.25) is 0 Å². The lowest BCUT2D eigenvalue weighted by atomic mass is 9.95. The number of hydrogen-bond acceptors (Lipinski definition) is 3. The number of carbonyl (C=O) groups excluding carboxylic acids is 2.